The van der Waals surface area contributed by atoms with Gasteiger partial charge in [0.05, 0.1) is 17.7 Å². The first-order valence-electron chi connectivity index (χ1n) is 6.19. The molecule has 6 heteroatoms. The molecule has 1 aliphatic rings. The predicted octanol–water partition coefficient (Wildman–Crippen LogP) is 2.05. The van der Waals surface area contributed by atoms with Crippen molar-refractivity contribution in [1.29, 1.82) is 0 Å². The Morgan fingerprint density at radius 2 is 2.47 bits per heavy atom. The normalized spacial score (nSPS) is 19.3. The minimum absolute atomic E-state index is 0.150. The average molecular weight is 293 g/mol. The molecule has 0 fully saturated rings. The molecule has 0 spiro atoms. The SMILES string of the molecule is CNC1C(=O)N(Cc2cscn2)CCc2ccsc21. The molecule has 0 aromatic carbocycles. The Morgan fingerprint density at radius 3 is 3.21 bits per heavy atom. The summed E-state index contributed by atoms with van der Waals surface area (Å²) in [5.74, 6) is 0.150. The van der Waals surface area contributed by atoms with E-state index in [1.165, 1.54) is 5.56 Å². The van der Waals surface area contributed by atoms with Crippen molar-refractivity contribution in [2.75, 3.05) is 13.6 Å². The molecule has 1 atom stereocenters. The van der Waals surface area contributed by atoms with Crippen molar-refractivity contribution in [3.63, 3.8) is 0 Å². The number of likely N-dealkylation sites (N-methyl/N-ethyl adjacent to an activating group) is 1. The third-order valence-corrected chi connectivity index (χ3v) is 5.04. The van der Waals surface area contributed by atoms with E-state index in [1.54, 1.807) is 22.7 Å². The predicted molar refractivity (Wildman–Crippen MR) is 77.4 cm³/mol. The summed E-state index contributed by atoms with van der Waals surface area (Å²) < 4.78 is 0. The van der Waals surface area contributed by atoms with Crippen molar-refractivity contribution in [3.05, 3.63) is 38.5 Å². The van der Waals surface area contributed by atoms with Crippen molar-refractivity contribution in [3.8, 4) is 0 Å². The van der Waals surface area contributed by atoms with Gasteiger partial charge in [0.1, 0.15) is 6.04 Å². The fourth-order valence-corrected chi connectivity index (χ4v) is 4.00. The van der Waals surface area contributed by atoms with Crippen molar-refractivity contribution >= 4 is 28.6 Å². The standard InChI is InChI=1S/C13H15N3OS2/c1-14-11-12-9(3-5-19-12)2-4-16(13(11)17)6-10-7-18-8-15-10/h3,5,7-8,11,14H,2,4,6H2,1H3. The number of nitrogens with one attached hydrogen (secondary N) is 1. The van der Waals surface area contributed by atoms with Crippen LogP contribution in [0.5, 0.6) is 0 Å². The zero-order valence-electron chi connectivity index (χ0n) is 10.6. The summed E-state index contributed by atoms with van der Waals surface area (Å²) in [4.78, 5) is 19.9. The van der Waals surface area contributed by atoms with Crippen LogP contribution in [0.3, 0.4) is 0 Å². The Labute approximate surface area is 120 Å². The van der Waals surface area contributed by atoms with Crippen LogP contribution in [0.15, 0.2) is 22.3 Å². The number of carbonyl (C=O) groups excluding carboxylic acids is 1. The van der Waals surface area contributed by atoms with Gasteiger partial charge in [-0.15, -0.1) is 22.7 Å². The van der Waals surface area contributed by atoms with Gasteiger partial charge in [-0.3, -0.25) is 4.79 Å². The lowest BCUT2D eigenvalue weighted by Gasteiger charge is -2.23. The second kappa shape index (κ2) is 5.40. The van der Waals surface area contributed by atoms with Gasteiger partial charge in [0.15, 0.2) is 0 Å². The van der Waals surface area contributed by atoms with Crippen LogP contribution in [0.4, 0.5) is 0 Å². The maximum absolute atomic E-state index is 12.6. The molecule has 1 unspecified atom stereocenters. The lowest BCUT2D eigenvalue weighted by molar-refractivity contribution is -0.133. The summed E-state index contributed by atoms with van der Waals surface area (Å²) in [6.45, 7) is 1.37. The number of hydrogen-bond donors (Lipinski definition) is 1. The summed E-state index contributed by atoms with van der Waals surface area (Å²) in [6, 6.07) is 1.92. The van der Waals surface area contributed by atoms with Crippen LogP contribution in [-0.2, 0) is 17.8 Å². The quantitative estimate of drug-likeness (QED) is 0.942. The molecule has 2 aromatic heterocycles. The van der Waals surface area contributed by atoms with Gasteiger partial charge in [-0.25, -0.2) is 4.98 Å². The van der Waals surface area contributed by atoms with Crippen LogP contribution in [0, 0.1) is 0 Å². The Hall–Kier alpha value is -1.24. The van der Waals surface area contributed by atoms with E-state index in [2.05, 4.69) is 21.7 Å². The molecule has 3 heterocycles. The van der Waals surface area contributed by atoms with Gasteiger partial charge < -0.3 is 10.2 Å². The molecule has 0 radical (unpaired) electrons. The van der Waals surface area contributed by atoms with Gasteiger partial charge >= 0.3 is 0 Å². The molecule has 1 N–H and O–H groups in total. The lowest BCUT2D eigenvalue weighted by atomic mass is 10.1. The molecule has 0 aliphatic carbocycles. The number of thiophene rings is 1. The number of amides is 1. The highest BCUT2D eigenvalue weighted by Crippen LogP contribution is 2.29. The third kappa shape index (κ3) is 2.43. The fourth-order valence-electron chi connectivity index (χ4n) is 2.39. The van der Waals surface area contributed by atoms with E-state index in [4.69, 9.17) is 0 Å². The molecule has 0 saturated heterocycles. The first-order valence-corrected chi connectivity index (χ1v) is 8.01. The van der Waals surface area contributed by atoms with Gasteiger partial charge in [0.2, 0.25) is 5.91 Å². The number of nitrogens with zero attached hydrogens (tertiary/aromatic N) is 2. The van der Waals surface area contributed by atoms with Crippen LogP contribution in [0.2, 0.25) is 0 Å². The molecule has 1 amide bonds. The molecule has 0 bridgehead atoms. The first-order chi connectivity index (χ1) is 9.29. The number of carbonyl (C=O) groups is 1. The zero-order chi connectivity index (χ0) is 13.2. The van der Waals surface area contributed by atoms with Crippen molar-refractivity contribution < 1.29 is 4.79 Å². The molecule has 3 rings (SSSR count). The van der Waals surface area contributed by atoms with Crippen LogP contribution in [0.25, 0.3) is 0 Å². The van der Waals surface area contributed by atoms with E-state index in [0.717, 1.165) is 23.5 Å². The Balaban J connectivity index is 1.85. The topological polar surface area (TPSA) is 45.2 Å². The second-order valence-corrected chi connectivity index (χ2v) is 6.19. The summed E-state index contributed by atoms with van der Waals surface area (Å²) in [6.07, 6.45) is 0.924. The van der Waals surface area contributed by atoms with Gasteiger partial charge in [-0.1, -0.05) is 0 Å². The smallest absolute Gasteiger partial charge is 0.245 e. The van der Waals surface area contributed by atoms with Crippen LogP contribution >= 0.6 is 22.7 Å². The first kappa shape index (κ1) is 12.8. The highest BCUT2D eigenvalue weighted by molar-refractivity contribution is 7.10. The highest BCUT2D eigenvalue weighted by atomic mass is 32.1. The van der Waals surface area contributed by atoms with Crippen molar-refractivity contribution in [1.82, 2.24) is 15.2 Å². The van der Waals surface area contributed by atoms with E-state index >= 15 is 0 Å². The Morgan fingerprint density at radius 1 is 1.58 bits per heavy atom. The number of fused-ring (bicyclic) bond motifs is 1. The maximum Gasteiger partial charge on any atom is 0.245 e. The van der Waals surface area contributed by atoms with E-state index in [0.29, 0.717) is 6.54 Å². The third-order valence-electron chi connectivity index (χ3n) is 3.38. The Kier molecular flexibility index (Phi) is 3.63. The number of thiazole rings is 1. The maximum atomic E-state index is 12.6. The van der Waals surface area contributed by atoms with Crippen LogP contribution < -0.4 is 5.32 Å². The van der Waals surface area contributed by atoms with Gasteiger partial charge in [0.25, 0.3) is 0 Å². The summed E-state index contributed by atoms with van der Waals surface area (Å²) in [7, 11) is 1.85. The largest absolute Gasteiger partial charge is 0.335 e. The summed E-state index contributed by atoms with van der Waals surface area (Å²) in [5, 5.41) is 7.22. The molecule has 19 heavy (non-hydrogen) atoms. The monoisotopic (exact) mass is 293 g/mol. The van der Waals surface area contributed by atoms with Crippen LogP contribution in [0.1, 0.15) is 22.2 Å². The molecule has 100 valence electrons. The minimum Gasteiger partial charge on any atom is -0.335 e. The minimum atomic E-state index is -0.212. The number of aromatic nitrogens is 1. The number of hydrogen-bond acceptors (Lipinski definition) is 5. The highest BCUT2D eigenvalue weighted by Gasteiger charge is 2.30. The summed E-state index contributed by atoms with van der Waals surface area (Å²) in [5.41, 5.74) is 4.07. The van der Waals surface area contributed by atoms with Crippen molar-refractivity contribution in [2.24, 2.45) is 0 Å². The van der Waals surface area contributed by atoms with Crippen LogP contribution in [-0.4, -0.2) is 29.4 Å². The molecule has 4 nitrogen and oxygen atoms in total. The molecular weight excluding hydrogens is 278 g/mol. The van der Waals surface area contributed by atoms with E-state index < -0.39 is 0 Å². The number of rotatable bonds is 3. The fraction of sp³-hybridized carbons (Fsp3) is 0.385. The molecular formula is C13H15N3OS2. The second-order valence-electron chi connectivity index (χ2n) is 4.52. The average Bonchev–Trinajstić information content (AvgIpc) is 3.04. The zero-order valence-corrected chi connectivity index (χ0v) is 12.3. The Bertz CT molecular complexity index is 564. The van der Waals surface area contributed by atoms with E-state index in [-0.39, 0.29) is 11.9 Å². The van der Waals surface area contributed by atoms with Crippen molar-refractivity contribution in [2.45, 2.75) is 19.0 Å². The van der Waals surface area contributed by atoms with E-state index in [1.807, 2.05) is 22.8 Å². The molecule has 0 saturated carbocycles. The van der Waals surface area contributed by atoms with Gasteiger partial charge in [-0.05, 0) is 30.5 Å². The van der Waals surface area contributed by atoms with Gasteiger partial charge in [0, 0.05) is 16.8 Å². The summed E-state index contributed by atoms with van der Waals surface area (Å²) >= 11 is 3.23. The molecule has 2 aromatic rings. The van der Waals surface area contributed by atoms with Gasteiger partial charge in [-0.2, -0.15) is 0 Å². The van der Waals surface area contributed by atoms with E-state index in [9.17, 15) is 4.79 Å². The molecule has 1 aliphatic heterocycles. The lowest BCUT2D eigenvalue weighted by Crippen LogP contribution is -2.38.